The van der Waals surface area contributed by atoms with E-state index in [2.05, 4.69) is 27.2 Å². The van der Waals surface area contributed by atoms with E-state index in [4.69, 9.17) is 11.6 Å². The molecule has 0 radical (unpaired) electrons. The molecule has 1 saturated heterocycles. The molecule has 182 valence electrons. The molecule has 0 aliphatic carbocycles. The summed E-state index contributed by atoms with van der Waals surface area (Å²) in [6, 6.07) is 6.53. The molecule has 1 aliphatic heterocycles. The van der Waals surface area contributed by atoms with Crippen LogP contribution < -0.4 is 10.6 Å². The number of nitrogens with zero attached hydrogens (tertiary/aromatic N) is 4. The summed E-state index contributed by atoms with van der Waals surface area (Å²) < 4.78 is 1.90. The lowest BCUT2D eigenvalue weighted by atomic mass is 10.1. The van der Waals surface area contributed by atoms with Crippen LogP contribution in [0.3, 0.4) is 0 Å². The van der Waals surface area contributed by atoms with Crippen LogP contribution in [0.25, 0.3) is 11.0 Å². The molecule has 1 unspecified atom stereocenters. The van der Waals surface area contributed by atoms with Gasteiger partial charge in [-0.1, -0.05) is 18.2 Å². The van der Waals surface area contributed by atoms with Crippen molar-refractivity contribution in [2.45, 2.75) is 39.2 Å². The predicted octanol–water partition coefficient (Wildman–Crippen LogP) is 4.34. The highest BCUT2D eigenvalue weighted by atomic mass is 35.5. The molecule has 1 fully saturated rings. The highest BCUT2D eigenvalue weighted by molar-refractivity contribution is 6.35. The Morgan fingerprint density at radius 3 is 2.71 bits per heavy atom. The van der Waals surface area contributed by atoms with Crippen LogP contribution in [0.2, 0.25) is 5.02 Å². The van der Waals surface area contributed by atoms with Crippen LogP contribution in [0.5, 0.6) is 0 Å². The number of nitrogens with one attached hydrogen (secondary N) is 2. The number of aryl methyl sites for hydroxylation is 1. The first-order valence-electron chi connectivity index (χ1n) is 11.4. The Morgan fingerprint density at radius 1 is 1.20 bits per heavy atom. The molecule has 2 N–H and O–H groups in total. The lowest BCUT2D eigenvalue weighted by Crippen LogP contribution is -2.34. The number of imidazole rings is 1. The Kier molecular flexibility index (Phi) is 7.16. The third-order valence-electron chi connectivity index (χ3n) is 5.94. The number of carbonyl (C=O) groups excluding carboxylic acids is 3. The number of aromatic nitrogens is 3. The van der Waals surface area contributed by atoms with E-state index in [1.807, 2.05) is 11.5 Å². The highest BCUT2D eigenvalue weighted by Gasteiger charge is 2.28. The number of anilines is 2. The number of halogens is 1. The highest BCUT2D eigenvalue weighted by Crippen LogP contribution is 2.36. The van der Waals surface area contributed by atoms with Crippen LogP contribution in [0.1, 0.15) is 48.3 Å². The first kappa shape index (κ1) is 24.4. The number of rotatable bonds is 5. The topological polar surface area (TPSA) is 109 Å². The first-order chi connectivity index (χ1) is 16.8. The molecule has 0 spiro atoms. The van der Waals surface area contributed by atoms with E-state index in [1.165, 1.54) is 13.0 Å². The van der Waals surface area contributed by atoms with Gasteiger partial charge >= 0.3 is 0 Å². The molecular formula is C25H27ClN6O3. The Hall–Kier alpha value is -3.72. The lowest BCUT2D eigenvalue weighted by Gasteiger charge is -2.26. The van der Waals surface area contributed by atoms with Crippen molar-refractivity contribution < 1.29 is 14.4 Å². The summed E-state index contributed by atoms with van der Waals surface area (Å²) in [6.07, 6.45) is 5.42. The maximum absolute atomic E-state index is 13.1. The fourth-order valence-electron chi connectivity index (χ4n) is 4.42. The van der Waals surface area contributed by atoms with Crippen molar-refractivity contribution in [3.8, 4) is 0 Å². The second kappa shape index (κ2) is 10.3. The molecule has 3 amide bonds. The Labute approximate surface area is 208 Å². The maximum atomic E-state index is 13.1. The van der Waals surface area contributed by atoms with Crippen LogP contribution in [0.4, 0.5) is 11.6 Å². The number of carbonyl (C=O) groups is 3. The zero-order chi connectivity index (χ0) is 25.1. The van der Waals surface area contributed by atoms with Crippen molar-refractivity contribution in [1.29, 1.82) is 0 Å². The maximum Gasteiger partial charge on any atom is 0.258 e. The van der Waals surface area contributed by atoms with Crippen LogP contribution in [0, 0.1) is 6.92 Å². The molecule has 10 heteroatoms. The van der Waals surface area contributed by atoms with Gasteiger partial charge in [0.2, 0.25) is 17.8 Å². The summed E-state index contributed by atoms with van der Waals surface area (Å²) in [4.78, 5) is 47.7. The summed E-state index contributed by atoms with van der Waals surface area (Å²) in [6.45, 7) is 7.90. The fraction of sp³-hybridized carbons (Fsp3) is 0.320. The van der Waals surface area contributed by atoms with Gasteiger partial charge in [0.15, 0.2) is 0 Å². The quantitative estimate of drug-likeness (QED) is 0.513. The van der Waals surface area contributed by atoms with Gasteiger partial charge in [0, 0.05) is 43.2 Å². The number of likely N-dealkylation sites (tertiary alicyclic amines) is 1. The number of amides is 3. The van der Waals surface area contributed by atoms with Crippen molar-refractivity contribution >= 4 is 52.0 Å². The zero-order valence-electron chi connectivity index (χ0n) is 19.7. The van der Waals surface area contributed by atoms with Gasteiger partial charge in [0.25, 0.3) is 5.91 Å². The Balaban J connectivity index is 1.82. The lowest BCUT2D eigenvalue weighted by molar-refractivity contribution is -0.126. The van der Waals surface area contributed by atoms with Gasteiger partial charge in [0.1, 0.15) is 0 Å². The standard InChI is InChI=1S/C25H27ClN6O3/c1-4-22(34)31-10-6-5-7-19(14-31)32-23-20(26)12-18(28-16(3)33)13-21(23)29-25(32)30-24(35)17-8-9-27-15(2)11-17/h4,8-9,11-13,19H,1,5-7,10,14H2,2-3H3,(H,28,33)(H,29,30,35). The second-order valence-corrected chi connectivity index (χ2v) is 9.00. The largest absolute Gasteiger partial charge is 0.337 e. The summed E-state index contributed by atoms with van der Waals surface area (Å²) in [5.41, 5.74) is 2.82. The average Bonchev–Trinajstić information content (AvgIpc) is 2.99. The second-order valence-electron chi connectivity index (χ2n) is 8.59. The van der Waals surface area contributed by atoms with Crippen molar-refractivity contribution in [2.24, 2.45) is 0 Å². The van der Waals surface area contributed by atoms with Gasteiger partial charge in [-0.3, -0.25) is 24.7 Å². The van der Waals surface area contributed by atoms with Crippen molar-refractivity contribution in [2.75, 3.05) is 23.7 Å². The number of benzene rings is 1. The van der Waals surface area contributed by atoms with Crippen LogP contribution >= 0.6 is 11.6 Å². The summed E-state index contributed by atoms with van der Waals surface area (Å²) in [5, 5.41) is 6.03. The molecule has 35 heavy (non-hydrogen) atoms. The molecule has 0 saturated carbocycles. The Morgan fingerprint density at radius 2 is 2.00 bits per heavy atom. The first-order valence-corrected chi connectivity index (χ1v) is 11.8. The van der Waals surface area contributed by atoms with Crippen molar-refractivity contribution in [3.05, 3.63) is 59.4 Å². The zero-order valence-corrected chi connectivity index (χ0v) is 20.4. The SMILES string of the molecule is C=CC(=O)N1CCCCC(n2c(NC(=O)c3ccnc(C)c3)nc3cc(NC(C)=O)cc(Cl)c32)C1. The van der Waals surface area contributed by atoms with Gasteiger partial charge in [-0.2, -0.15) is 0 Å². The molecule has 4 rings (SSSR count). The third-order valence-corrected chi connectivity index (χ3v) is 6.23. The Bertz CT molecular complexity index is 1320. The normalized spacial score (nSPS) is 16.0. The van der Waals surface area contributed by atoms with Crippen LogP contribution in [0.15, 0.2) is 43.1 Å². The minimum atomic E-state index is -0.335. The average molecular weight is 495 g/mol. The molecule has 1 aliphatic rings. The van der Waals surface area contributed by atoms with E-state index < -0.39 is 0 Å². The number of pyridine rings is 1. The molecule has 3 aromatic rings. The number of fused-ring (bicyclic) bond motifs is 1. The smallest absolute Gasteiger partial charge is 0.258 e. The third kappa shape index (κ3) is 5.35. The fourth-order valence-corrected chi connectivity index (χ4v) is 4.73. The van der Waals surface area contributed by atoms with Crippen molar-refractivity contribution in [1.82, 2.24) is 19.4 Å². The van der Waals surface area contributed by atoms with E-state index >= 15 is 0 Å². The van der Waals surface area contributed by atoms with Gasteiger partial charge in [-0.05, 0) is 56.5 Å². The van der Waals surface area contributed by atoms with Gasteiger partial charge in [0.05, 0.1) is 22.1 Å². The van der Waals surface area contributed by atoms with Crippen molar-refractivity contribution in [3.63, 3.8) is 0 Å². The van der Waals surface area contributed by atoms with E-state index in [1.54, 1.807) is 35.4 Å². The molecule has 1 atom stereocenters. The summed E-state index contributed by atoms with van der Waals surface area (Å²) in [7, 11) is 0. The van der Waals surface area contributed by atoms with Crippen LogP contribution in [-0.2, 0) is 9.59 Å². The van der Waals surface area contributed by atoms with E-state index in [-0.39, 0.29) is 23.8 Å². The predicted molar refractivity (Wildman–Crippen MR) is 136 cm³/mol. The minimum absolute atomic E-state index is 0.141. The minimum Gasteiger partial charge on any atom is -0.337 e. The van der Waals surface area contributed by atoms with E-state index in [9.17, 15) is 14.4 Å². The summed E-state index contributed by atoms with van der Waals surface area (Å²) in [5.74, 6) is -0.390. The molecule has 2 aromatic heterocycles. The molecule has 3 heterocycles. The molecule has 0 bridgehead atoms. The molecule has 9 nitrogen and oxygen atoms in total. The van der Waals surface area contributed by atoms with E-state index in [0.29, 0.717) is 46.3 Å². The molecular weight excluding hydrogens is 468 g/mol. The van der Waals surface area contributed by atoms with Gasteiger partial charge < -0.3 is 14.8 Å². The molecule has 1 aromatic carbocycles. The van der Waals surface area contributed by atoms with Gasteiger partial charge in [-0.15, -0.1) is 0 Å². The number of hydrogen-bond donors (Lipinski definition) is 2. The number of hydrogen-bond acceptors (Lipinski definition) is 5. The van der Waals surface area contributed by atoms with E-state index in [0.717, 1.165) is 25.0 Å². The van der Waals surface area contributed by atoms with Gasteiger partial charge in [-0.25, -0.2) is 4.98 Å². The van der Waals surface area contributed by atoms with Crippen LogP contribution in [-0.4, -0.2) is 50.2 Å². The monoisotopic (exact) mass is 494 g/mol. The summed E-state index contributed by atoms with van der Waals surface area (Å²) >= 11 is 6.69.